The molecule has 4 rings (SSSR count). The highest BCUT2D eigenvalue weighted by atomic mass is 32.1. The van der Waals surface area contributed by atoms with Gasteiger partial charge in [0.1, 0.15) is 7.05 Å². The van der Waals surface area contributed by atoms with E-state index in [1.165, 1.54) is 16.1 Å². The third-order valence-electron chi connectivity index (χ3n) is 4.09. The molecule has 0 aliphatic carbocycles. The zero-order chi connectivity index (χ0) is 17.1. The first kappa shape index (κ1) is 15.6. The minimum absolute atomic E-state index is 0.973. The second kappa shape index (κ2) is 6.91. The second-order valence-electron chi connectivity index (χ2n) is 5.80. The highest BCUT2D eigenvalue weighted by Crippen LogP contribution is 2.44. The molecular formula is C22H18N2S. The van der Waals surface area contributed by atoms with Gasteiger partial charge in [-0.3, -0.25) is 0 Å². The molecule has 0 spiro atoms. The van der Waals surface area contributed by atoms with E-state index >= 15 is 0 Å². The summed E-state index contributed by atoms with van der Waals surface area (Å²) in [4.78, 5) is 0. The van der Waals surface area contributed by atoms with Gasteiger partial charge in [0, 0.05) is 5.56 Å². The van der Waals surface area contributed by atoms with Gasteiger partial charge in [0.25, 0.3) is 5.01 Å². The van der Waals surface area contributed by atoms with Gasteiger partial charge < -0.3 is 5.32 Å². The average molecular weight is 342 g/mol. The van der Waals surface area contributed by atoms with Crippen LogP contribution in [-0.4, -0.2) is 0 Å². The van der Waals surface area contributed by atoms with Gasteiger partial charge in [0.2, 0.25) is 5.69 Å². The summed E-state index contributed by atoms with van der Waals surface area (Å²) in [6.07, 6.45) is 0. The number of hydrogen-bond acceptors (Lipinski definition) is 1. The summed E-state index contributed by atoms with van der Waals surface area (Å²) in [5.74, 6) is 0. The van der Waals surface area contributed by atoms with Crippen molar-refractivity contribution in [1.82, 2.24) is 0 Å². The number of para-hydroxylation sites is 1. The molecule has 0 N–H and O–H groups in total. The van der Waals surface area contributed by atoms with Crippen LogP contribution >= 0.6 is 11.3 Å². The Labute approximate surface area is 152 Å². The first-order valence-corrected chi connectivity index (χ1v) is 9.05. The molecule has 0 radical (unpaired) electrons. The highest BCUT2D eigenvalue weighted by Gasteiger charge is 2.21. The van der Waals surface area contributed by atoms with E-state index < -0.39 is 0 Å². The van der Waals surface area contributed by atoms with Crippen LogP contribution in [-0.2, 0) is 7.05 Å². The SMILES string of the molecule is C[n+]1c(-c2ccccc2)sc([N-]c2ccccc2)c1-c1ccccc1. The van der Waals surface area contributed by atoms with E-state index in [-0.39, 0.29) is 0 Å². The van der Waals surface area contributed by atoms with E-state index in [1.807, 2.05) is 42.5 Å². The van der Waals surface area contributed by atoms with E-state index in [4.69, 9.17) is 5.32 Å². The van der Waals surface area contributed by atoms with E-state index in [9.17, 15) is 0 Å². The molecule has 2 nitrogen and oxygen atoms in total. The lowest BCUT2D eigenvalue weighted by atomic mass is 10.1. The van der Waals surface area contributed by atoms with Gasteiger partial charge in [0.05, 0.1) is 5.56 Å². The lowest BCUT2D eigenvalue weighted by Crippen LogP contribution is -2.30. The van der Waals surface area contributed by atoms with Gasteiger partial charge in [-0.25, -0.2) is 0 Å². The molecule has 0 saturated heterocycles. The molecule has 0 bridgehead atoms. The molecule has 122 valence electrons. The third-order valence-corrected chi connectivity index (χ3v) is 5.27. The van der Waals surface area contributed by atoms with Crippen molar-refractivity contribution >= 4 is 22.0 Å². The Bertz CT molecular complexity index is 961. The zero-order valence-electron chi connectivity index (χ0n) is 14.0. The molecule has 1 aromatic heterocycles. The van der Waals surface area contributed by atoms with Crippen LogP contribution in [0, 0.1) is 0 Å². The van der Waals surface area contributed by atoms with Crippen molar-refractivity contribution in [3.8, 4) is 21.8 Å². The molecule has 0 amide bonds. The highest BCUT2D eigenvalue weighted by molar-refractivity contribution is 7.19. The number of benzene rings is 3. The number of hydrogen-bond donors (Lipinski definition) is 0. The molecule has 3 aromatic carbocycles. The molecule has 3 heteroatoms. The van der Waals surface area contributed by atoms with Crippen molar-refractivity contribution in [2.24, 2.45) is 7.05 Å². The fourth-order valence-corrected chi connectivity index (χ4v) is 4.06. The van der Waals surface area contributed by atoms with E-state index in [0.29, 0.717) is 0 Å². The van der Waals surface area contributed by atoms with E-state index in [1.54, 1.807) is 11.3 Å². The molecule has 0 unspecified atom stereocenters. The fraction of sp³-hybridized carbons (Fsp3) is 0.0455. The van der Waals surface area contributed by atoms with Gasteiger partial charge in [-0.05, 0) is 29.3 Å². The Kier molecular flexibility index (Phi) is 4.32. The van der Waals surface area contributed by atoms with Crippen LogP contribution in [0.2, 0.25) is 0 Å². The van der Waals surface area contributed by atoms with Gasteiger partial charge in [-0.2, -0.15) is 4.57 Å². The van der Waals surface area contributed by atoms with Crippen LogP contribution in [0.25, 0.3) is 27.1 Å². The van der Waals surface area contributed by atoms with Crippen LogP contribution in [0.1, 0.15) is 0 Å². The van der Waals surface area contributed by atoms with Crippen LogP contribution < -0.4 is 4.57 Å². The Balaban J connectivity index is 1.87. The second-order valence-corrected chi connectivity index (χ2v) is 6.78. The number of nitrogens with zero attached hydrogens (tertiary/aromatic N) is 2. The Hall–Kier alpha value is -2.91. The predicted octanol–water partition coefficient (Wildman–Crippen LogP) is 6.24. The predicted molar refractivity (Wildman–Crippen MR) is 105 cm³/mol. The molecule has 25 heavy (non-hydrogen) atoms. The lowest BCUT2D eigenvalue weighted by molar-refractivity contribution is -0.644. The number of aromatic nitrogens is 1. The molecular weight excluding hydrogens is 324 g/mol. The topological polar surface area (TPSA) is 18.0 Å². The fourth-order valence-electron chi connectivity index (χ4n) is 2.90. The van der Waals surface area contributed by atoms with Crippen molar-refractivity contribution in [2.75, 3.05) is 0 Å². The van der Waals surface area contributed by atoms with Gasteiger partial charge in [-0.15, -0.1) is 5.69 Å². The number of rotatable bonds is 4. The molecule has 0 fully saturated rings. The van der Waals surface area contributed by atoms with Crippen LogP contribution in [0.4, 0.5) is 10.7 Å². The van der Waals surface area contributed by atoms with E-state index in [2.05, 4.69) is 60.1 Å². The largest absolute Gasteiger partial charge is 0.644 e. The smallest absolute Gasteiger partial charge is 0.268 e. The summed E-state index contributed by atoms with van der Waals surface area (Å²) in [7, 11) is 2.12. The Morgan fingerprint density at radius 3 is 1.80 bits per heavy atom. The third kappa shape index (κ3) is 3.19. The molecule has 0 saturated carbocycles. The molecule has 4 aromatic rings. The van der Waals surface area contributed by atoms with Crippen LogP contribution in [0.5, 0.6) is 0 Å². The first-order chi connectivity index (χ1) is 12.3. The van der Waals surface area contributed by atoms with Crippen LogP contribution in [0.3, 0.4) is 0 Å². The molecule has 0 aliphatic rings. The van der Waals surface area contributed by atoms with Crippen molar-refractivity contribution < 1.29 is 4.57 Å². The van der Waals surface area contributed by atoms with Crippen molar-refractivity contribution in [1.29, 1.82) is 0 Å². The first-order valence-electron chi connectivity index (χ1n) is 8.23. The minimum Gasteiger partial charge on any atom is -0.644 e. The van der Waals surface area contributed by atoms with Gasteiger partial charge in [0.15, 0.2) is 0 Å². The quantitative estimate of drug-likeness (QED) is 0.391. The zero-order valence-corrected chi connectivity index (χ0v) is 14.8. The molecule has 1 heterocycles. The summed E-state index contributed by atoms with van der Waals surface area (Å²) in [6.45, 7) is 0. The van der Waals surface area contributed by atoms with Crippen molar-refractivity contribution in [3.05, 3.63) is 96.3 Å². The minimum atomic E-state index is 0.973. The van der Waals surface area contributed by atoms with Crippen molar-refractivity contribution in [2.45, 2.75) is 0 Å². The maximum Gasteiger partial charge on any atom is 0.268 e. The van der Waals surface area contributed by atoms with E-state index in [0.717, 1.165) is 16.4 Å². The maximum absolute atomic E-state index is 4.92. The molecule has 0 atom stereocenters. The summed E-state index contributed by atoms with van der Waals surface area (Å²) in [5, 5.41) is 7.15. The number of thiazole rings is 1. The maximum atomic E-state index is 4.92. The summed E-state index contributed by atoms with van der Waals surface area (Å²) >= 11 is 1.73. The summed E-state index contributed by atoms with van der Waals surface area (Å²) < 4.78 is 2.25. The summed E-state index contributed by atoms with van der Waals surface area (Å²) in [5.41, 5.74) is 4.51. The Morgan fingerprint density at radius 2 is 1.20 bits per heavy atom. The Morgan fingerprint density at radius 1 is 0.680 bits per heavy atom. The average Bonchev–Trinajstić information content (AvgIpc) is 3.00. The molecule has 0 aliphatic heterocycles. The van der Waals surface area contributed by atoms with Crippen molar-refractivity contribution in [3.63, 3.8) is 0 Å². The normalized spacial score (nSPS) is 10.6. The standard InChI is InChI=1S/C22H18N2S/c1-24-20(17-11-5-2-6-12-17)21(23-19-15-9-4-10-16-19)25-22(24)18-13-7-3-8-14-18/h2-16H,1H3. The van der Waals surface area contributed by atoms with Crippen LogP contribution in [0.15, 0.2) is 91.0 Å². The monoisotopic (exact) mass is 342 g/mol. The van der Waals surface area contributed by atoms with Gasteiger partial charge in [-0.1, -0.05) is 78.1 Å². The summed E-state index contributed by atoms with van der Waals surface area (Å²) in [6, 6.07) is 31.1. The van der Waals surface area contributed by atoms with Gasteiger partial charge >= 0.3 is 0 Å². The lowest BCUT2D eigenvalue weighted by Gasteiger charge is -2.19.